The highest BCUT2D eigenvalue weighted by molar-refractivity contribution is 7.91. The third-order valence-corrected chi connectivity index (χ3v) is 14.5. The molecule has 1 aromatic rings. The first-order valence-corrected chi connectivity index (χ1v) is 21.2. The lowest BCUT2D eigenvalue weighted by molar-refractivity contribution is -0.141. The largest absolute Gasteiger partial charge is 0.436 e. The van der Waals surface area contributed by atoms with Crippen molar-refractivity contribution in [2.24, 2.45) is 11.8 Å². The molecular formula is C38H46N6O7S2. The number of allylic oxidation sites excluding steroid dienone is 5. The van der Waals surface area contributed by atoms with Gasteiger partial charge in [0.2, 0.25) is 21.8 Å². The summed E-state index contributed by atoms with van der Waals surface area (Å²) in [6, 6.07) is -1.80. The number of rotatable bonds is 7. The first kappa shape index (κ1) is 35.8. The van der Waals surface area contributed by atoms with E-state index in [4.69, 9.17) is 9.72 Å². The molecule has 4 amide bonds. The predicted octanol–water partition coefficient (Wildman–Crippen LogP) is 3.89. The summed E-state index contributed by atoms with van der Waals surface area (Å²) in [4.78, 5) is 64.7. The van der Waals surface area contributed by atoms with Gasteiger partial charge in [0.05, 0.1) is 17.5 Å². The van der Waals surface area contributed by atoms with Crippen molar-refractivity contribution in [2.75, 3.05) is 25.0 Å². The maximum Gasteiger partial charge on any atom is 0.411 e. The molecule has 7 aliphatic rings. The molecule has 53 heavy (non-hydrogen) atoms. The van der Waals surface area contributed by atoms with E-state index in [1.54, 1.807) is 4.90 Å². The number of sulfonamides is 1. The normalized spacial score (nSPS) is 33.5. The Morgan fingerprint density at radius 3 is 2.60 bits per heavy atom. The minimum Gasteiger partial charge on any atom is -0.436 e. The summed E-state index contributed by atoms with van der Waals surface area (Å²) < 4.78 is 34.0. The van der Waals surface area contributed by atoms with Crippen molar-refractivity contribution in [1.82, 2.24) is 24.8 Å². The molecule has 3 N–H and O–H groups in total. The van der Waals surface area contributed by atoms with Crippen LogP contribution in [0.4, 0.5) is 9.93 Å². The van der Waals surface area contributed by atoms with Gasteiger partial charge in [-0.2, -0.15) is 0 Å². The number of hydrogen-bond acceptors (Lipinski definition) is 10. The van der Waals surface area contributed by atoms with E-state index in [2.05, 4.69) is 28.0 Å². The predicted molar refractivity (Wildman–Crippen MR) is 199 cm³/mol. The molecular weight excluding hydrogens is 717 g/mol. The topological polar surface area (TPSA) is 167 Å². The number of fused-ring (bicyclic) bond motifs is 4. The van der Waals surface area contributed by atoms with Crippen molar-refractivity contribution in [3.63, 3.8) is 0 Å². The highest BCUT2D eigenvalue weighted by atomic mass is 32.2. The summed E-state index contributed by atoms with van der Waals surface area (Å²) in [6.07, 6.45) is 20.3. The van der Waals surface area contributed by atoms with Crippen LogP contribution in [0.15, 0.2) is 65.6 Å². The number of amides is 4. The second kappa shape index (κ2) is 13.9. The first-order valence-electron chi connectivity index (χ1n) is 18.7. The molecule has 13 nitrogen and oxygen atoms in total. The first-order chi connectivity index (χ1) is 25.5. The third kappa shape index (κ3) is 6.86. The Morgan fingerprint density at radius 2 is 1.85 bits per heavy atom. The maximum atomic E-state index is 15.0. The fourth-order valence-corrected chi connectivity index (χ4v) is 10.8. The van der Waals surface area contributed by atoms with E-state index in [1.807, 2.05) is 35.8 Å². The van der Waals surface area contributed by atoms with Crippen molar-refractivity contribution in [1.29, 1.82) is 0 Å². The van der Waals surface area contributed by atoms with Crippen LogP contribution in [0, 0.1) is 11.8 Å². The summed E-state index contributed by atoms with van der Waals surface area (Å²) in [5.74, 6) is -2.22. The maximum absolute atomic E-state index is 15.0. The van der Waals surface area contributed by atoms with Crippen molar-refractivity contribution in [2.45, 2.75) is 99.1 Å². The van der Waals surface area contributed by atoms with Gasteiger partial charge in [-0.15, -0.1) is 17.9 Å². The number of nitrogens with zero attached hydrogens (tertiary/aromatic N) is 3. The van der Waals surface area contributed by atoms with Crippen LogP contribution < -0.4 is 15.4 Å². The lowest BCUT2D eigenvalue weighted by atomic mass is 9.87. The van der Waals surface area contributed by atoms with Gasteiger partial charge in [0.25, 0.3) is 5.91 Å². The van der Waals surface area contributed by atoms with E-state index in [0.29, 0.717) is 31.1 Å². The second-order valence-electron chi connectivity index (χ2n) is 15.5. The molecule has 1 spiro atoms. The average molecular weight is 763 g/mol. The number of aryl methyl sites for hydroxylation is 1. The van der Waals surface area contributed by atoms with Crippen LogP contribution in [0.25, 0.3) is 0 Å². The number of hydrogen-bond donors (Lipinski definition) is 3. The Labute approximate surface area is 313 Å². The number of carbonyl (C=O) groups is 4. The molecule has 8 rings (SSSR count). The van der Waals surface area contributed by atoms with E-state index in [0.717, 1.165) is 61.8 Å². The van der Waals surface area contributed by atoms with Crippen molar-refractivity contribution in [3.8, 4) is 0 Å². The Morgan fingerprint density at radius 1 is 1.06 bits per heavy atom. The summed E-state index contributed by atoms with van der Waals surface area (Å²) in [7, 11) is -3.89. The fraction of sp³-hybridized carbons (Fsp3) is 0.553. The molecule has 5 fully saturated rings. The molecule has 5 heterocycles. The fourth-order valence-electron chi connectivity index (χ4n) is 8.66. The summed E-state index contributed by atoms with van der Waals surface area (Å²) in [5.41, 5.74) is -0.124. The molecule has 2 saturated heterocycles. The lowest BCUT2D eigenvalue weighted by Gasteiger charge is -2.37. The molecule has 0 radical (unpaired) electrons. The second-order valence-corrected chi connectivity index (χ2v) is 18.3. The molecule has 3 saturated carbocycles. The smallest absolute Gasteiger partial charge is 0.411 e. The van der Waals surface area contributed by atoms with E-state index < -0.39 is 62.3 Å². The molecule has 6 bridgehead atoms. The van der Waals surface area contributed by atoms with E-state index >= 15 is 4.79 Å². The lowest BCUT2D eigenvalue weighted by Crippen LogP contribution is -2.58. The van der Waals surface area contributed by atoms with Gasteiger partial charge in [-0.05, 0) is 68.4 Å². The van der Waals surface area contributed by atoms with E-state index in [-0.39, 0.29) is 31.2 Å². The van der Waals surface area contributed by atoms with Gasteiger partial charge in [0, 0.05) is 30.8 Å². The van der Waals surface area contributed by atoms with Crippen LogP contribution in [0.1, 0.15) is 69.9 Å². The van der Waals surface area contributed by atoms with Crippen LogP contribution in [0.3, 0.4) is 0 Å². The third-order valence-electron chi connectivity index (χ3n) is 11.9. The molecule has 282 valence electrons. The van der Waals surface area contributed by atoms with Crippen LogP contribution in [-0.2, 0) is 35.6 Å². The summed E-state index contributed by atoms with van der Waals surface area (Å²) in [6.45, 7) is 4.44. The van der Waals surface area contributed by atoms with Gasteiger partial charge in [-0.1, -0.05) is 55.4 Å². The standard InChI is InChI=1S/C38H46N6O7S2/c1-2-26-18-38(26,34(47)42-53(49,50)28-16-17-28)41-32(45)30-19-37-23-44(30)33(46)31(24-12-10-11-13-24)40-35-39-27(22-52-35)15-9-7-5-3-4-6-8-14-25-20-43(21-29(25)37)36(48)51-37/h2-6,8,14,22,24,26,28,30-31H,1,7,9-13,15-21,23H2,(H,39,40)(H,41,45)(H,42,47)/b5-3-,6-4-,14-8-/t26-,30+,31+,37+,38-/m1/s1. The van der Waals surface area contributed by atoms with Crippen LogP contribution in [-0.4, -0.2) is 95.1 Å². The number of carbonyl (C=O) groups excluding carboxylic acids is 4. The number of nitrogens with one attached hydrogen (secondary N) is 3. The zero-order valence-corrected chi connectivity index (χ0v) is 31.3. The Bertz CT molecular complexity index is 1940. The minimum atomic E-state index is -3.89. The van der Waals surface area contributed by atoms with Gasteiger partial charge in [-0.25, -0.2) is 18.2 Å². The Kier molecular flexibility index (Phi) is 9.36. The van der Waals surface area contributed by atoms with Crippen molar-refractivity contribution < 1.29 is 32.3 Å². The van der Waals surface area contributed by atoms with Gasteiger partial charge < -0.3 is 20.3 Å². The highest BCUT2D eigenvalue weighted by Gasteiger charge is 2.64. The Hall–Kier alpha value is -4.24. The summed E-state index contributed by atoms with van der Waals surface area (Å²) >= 11 is 1.45. The van der Waals surface area contributed by atoms with E-state index in [9.17, 15) is 22.8 Å². The van der Waals surface area contributed by atoms with Crippen molar-refractivity contribution in [3.05, 3.63) is 71.3 Å². The number of aromatic nitrogens is 1. The van der Waals surface area contributed by atoms with Gasteiger partial charge in [0.15, 0.2) is 10.7 Å². The molecule has 0 unspecified atom stereocenters. The van der Waals surface area contributed by atoms with Gasteiger partial charge in [-0.3, -0.25) is 24.0 Å². The van der Waals surface area contributed by atoms with Crippen LogP contribution >= 0.6 is 11.3 Å². The van der Waals surface area contributed by atoms with Gasteiger partial charge >= 0.3 is 6.09 Å². The average Bonchev–Trinajstić information content (AvgIpc) is 3.81. The van der Waals surface area contributed by atoms with Crippen LogP contribution in [0.2, 0.25) is 0 Å². The molecule has 1 aromatic heterocycles. The monoisotopic (exact) mass is 762 g/mol. The minimum absolute atomic E-state index is 0.00295. The van der Waals surface area contributed by atoms with Gasteiger partial charge in [0.1, 0.15) is 17.6 Å². The number of anilines is 1. The highest BCUT2D eigenvalue weighted by Crippen LogP contribution is 2.48. The number of ether oxygens (including phenoxy) is 1. The van der Waals surface area contributed by atoms with E-state index in [1.165, 1.54) is 22.3 Å². The zero-order chi connectivity index (χ0) is 37.0. The molecule has 0 aromatic carbocycles. The number of thiazole rings is 1. The molecule has 15 heteroatoms. The quantitative estimate of drug-likeness (QED) is 0.350. The SMILES string of the molecule is C=C[C@@H]1C[C@]1(NC(=O)[C@@H]1C[C@]23CN1C(=O)[C@H](C1CCCC1)Nc1nc(cs1)CCC\C=C/C=C\C=C/C1=C2CN(C1)C(=O)O3)C(=O)NS(=O)(=O)C1CC1. The zero-order valence-electron chi connectivity index (χ0n) is 29.6. The Balaban J connectivity index is 1.17. The summed E-state index contributed by atoms with van der Waals surface area (Å²) in [5, 5.41) is 8.38. The van der Waals surface area contributed by atoms with Crippen molar-refractivity contribution >= 4 is 50.3 Å². The molecule has 5 atom stereocenters. The molecule has 4 aliphatic heterocycles. The van der Waals surface area contributed by atoms with Crippen LogP contribution in [0.5, 0.6) is 0 Å². The molecule has 3 aliphatic carbocycles.